The number of aromatic nitrogens is 4. The molecular weight excluding hydrogens is 400 g/mol. The largest absolute Gasteiger partial charge is 0.477 e. The molecule has 0 radical (unpaired) electrons. The lowest BCUT2D eigenvalue weighted by molar-refractivity contribution is 0.280. The molecule has 0 aliphatic heterocycles. The highest BCUT2D eigenvalue weighted by molar-refractivity contribution is 5.78. The lowest BCUT2D eigenvalue weighted by atomic mass is 10.1. The van der Waals surface area contributed by atoms with E-state index < -0.39 is 0 Å². The molecule has 0 amide bonds. The van der Waals surface area contributed by atoms with Gasteiger partial charge in [-0.1, -0.05) is 31.2 Å². The topological polar surface area (TPSA) is 69.9 Å². The molecule has 0 spiro atoms. The summed E-state index contributed by atoms with van der Waals surface area (Å²) in [6.45, 7) is 7.22. The van der Waals surface area contributed by atoms with E-state index in [0.29, 0.717) is 42.6 Å². The summed E-state index contributed by atoms with van der Waals surface area (Å²) in [4.78, 5) is 26.0. The Hall–Kier alpha value is -3.54. The summed E-state index contributed by atoms with van der Waals surface area (Å²) in [6.07, 6.45) is 3.53. The van der Waals surface area contributed by atoms with Gasteiger partial charge in [0.1, 0.15) is 5.82 Å². The molecule has 162 valence electrons. The number of hydrogen-bond donors (Lipinski definition) is 0. The van der Waals surface area contributed by atoms with Crippen molar-refractivity contribution in [2.45, 2.75) is 33.2 Å². The molecule has 4 aromatic rings. The Balaban J connectivity index is 1.36. The van der Waals surface area contributed by atoms with E-state index in [1.54, 1.807) is 23.0 Å². The highest BCUT2D eigenvalue weighted by atomic mass is 16.5. The first-order chi connectivity index (χ1) is 15.5. The molecule has 1 saturated carbocycles. The molecule has 3 unspecified atom stereocenters. The highest BCUT2D eigenvalue weighted by Gasteiger charge is 2.49. The van der Waals surface area contributed by atoms with Crippen molar-refractivity contribution in [2.75, 3.05) is 6.61 Å². The second-order valence-electron chi connectivity index (χ2n) is 8.46. The number of pyridine rings is 2. The minimum atomic E-state index is -0.0465. The number of rotatable bonds is 6. The van der Waals surface area contributed by atoms with Crippen LogP contribution >= 0.6 is 0 Å². The Morgan fingerprint density at radius 2 is 1.94 bits per heavy atom. The summed E-state index contributed by atoms with van der Waals surface area (Å²) in [5.41, 5.74) is 3.61. The zero-order chi connectivity index (χ0) is 22.2. The van der Waals surface area contributed by atoms with Crippen LogP contribution in [0.25, 0.3) is 22.0 Å². The van der Waals surface area contributed by atoms with E-state index in [-0.39, 0.29) is 5.56 Å². The van der Waals surface area contributed by atoms with Gasteiger partial charge in [-0.15, -0.1) is 0 Å². The van der Waals surface area contributed by atoms with Gasteiger partial charge in [0.2, 0.25) is 5.88 Å². The van der Waals surface area contributed by atoms with E-state index in [1.165, 1.54) is 0 Å². The third-order valence-corrected chi connectivity index (χ3v) is 6.46. The first kappa shape index (κ1) is 20.4. The number of aryl methyl sites for hydroxylation is 2. The van der Waals surface area contributed by atoms with E-state index in [9.17, 15) is 4.79 Å². The molecule has 0 bridgehead atoms. The molecule has 1 aliphatic rings. The zero-order valence-electron chi connectivity index (χ0n) is 18.5. The van der Waals surface area contributed by atoms with E-state index >= 15 is 0 Å². The second-order valence-corrected chi connectivity index (χ2v) is 8.46. The summed E-state index contributed by atoms with van der Waals surface area (Å²) >= 11 is 0. The highest BCUT2D eigenvalue weighted by Crippen LogP contribution is 2.53. The van der Waals surface area contributed by atoms with Crippen LogP contribution < -0.4 is 10.3 Å². The van der Waals surface area contributed by atoms with Crippen molar-refractivity contribution in [3.05, 3.63) is 82.8 Å². The van der Waals surface area contributed by atoms with Crippen molar-refractivity contribution < 1.29 is 4.74 Å². The molecule has 6 heteroatoms. The van der Waals surface area contributed by atoms with Crippen molar-refractivity contribution in [3.63, 3.8) is 0 Å². The molecule has 3 atom stereocenters. The number of benzene rings is 1. The fourth-order valence-electron chi connectivity index (χ4n) is 4.43. The van der Waals surface area contributed by atoms with Crippen molar-refractivity contribution in [1.82, 2.24) is 19.5 Å². The predicted octanol–water partition coefficient (Wildman–Crippen LogP) is 4.61. The van der Waals surface area contributed by atoms with Gasteiger partial charge in [-0.05, 0) is 43.5 Å². The molecule has 1 fully saturated rings. The van der Waals surface area contributed by atoms with E-state index in [0.717, 1.165) is 27.7 Å². The molecular formula is C26H26N4O2. The number of hydrogen-bond acceptors (Lipinski definition) is 5. The molecule has 32 heavy (non-hydrogen) atoms. The fourth-order valence-corrected chi connectivity index (χ4v) is 4.43. The third-order valence-electron chi connectivity index (χ3n) is 6.46. The summed E-state index contributed by atoms with van der Waals surface area (Å²) in [6, 6.07) is 16.0. The molecule has 1 aromatic carbocycles. The van der Waals surface area contributed by atoms with E-state index in [1.807, 2.05) is 32.0 Å². The minimum absolute atomic E-state index is 0.0465. The Bertz CT molecular complexity index is 1350. The summed E-state index contributed by atoms with van der Waals surface area (Å²) in [5.74, 6) is 2.40. The molecule has 6 nitrogen and oxygen atoms in total. The Morgan fingerprint density at radius 1 is 1.09 bits per heavy atom. The van der Waals surface area contributed by atoms with Crippen LogP contribution in [-0.4, -0.2) is 26.1 Å². The average Bonchev–Trinajstić information content (AvgIpc) is 3.46. The first-order valence-corrected chi connectivity index (χ1v) is 11.1. The predicted molar refractivity (Wildman–Crippen MR) is 125 cm³/mol. The number of nitrogens with zero attached hydrogens (tertiary/aromatic N) is 4. The van der Waals surface area contributed by atoms with Crippen LogP contribution in [-0.2, 0) is 6.54 Å². The van der Waals surface area contributed by atoms with Crippen LogP contribution in [0.3, 0.4) is 0 Å². The molecule has 0 saturated heterocycles. The quantitative estimate of drug-likeness (QED) is 0.450. The third kappa shape index (κ3) is 3.77. The number of ether oxygens (including phenoxy) is 1. The Labute approximate surface area is 187 Å². The van der Waals surface area contributed by atoms with Crippen LogP contribution in [0, 0.1) is 18.8 Å². The summed E-state index contributed by atoms with van der Waals surface area (Å²) < 4.78 is 7.87. The van der Waals surface area contributed by atoms with Crippen molar-refractivity contribution in [3.8, 4) is 17.0 Å². The van der Waals surface area contributed by atoms with Crippen molar-refractivity contribution >= 4 is 10.9 Å². The van der Waals surface area contributed by atoms with Crippen molar-refractivity contribution in [1.29, 1.82) is 0 Å². The maximum Gasteiger partial charge on any atom is 0.251 e. The SMILES string of the molecule is CCn1ccc(-c2cnc(C)nc2OCC2C(C)C2c2ccc3ccccc3n2)cc1=O. The maximum absolute atomic E-state index is 12.3. The average molecular weight is 427 g/mol. The molecule has 3 heterocycles. The lowest BCUT2D eigenvalue weighted by Gasteiger charge is -2.12. The van der Waals surface area contributed by atoms with Gasteiger partial charge in [-0.3, -0.25) is 9.78 Å². The van der Waals surface area contributed by atoms with Gasteiger partial charge < -0.3 is 9.30 Å². The fraction of sp³-hybridized carbons (Fsp3) is 0.308. The van der Waals surface area contributed by atoms with Gasteiger partial charge in [0, 0.05) is 47.9 Å². The smallest absolute Gasteiger partial charge is 0.251 e. The number of para-hydroxylation sites is 1. The second kappa shape index (κ2) is 8.19. The Kier molecular flexibility index (Phi) is 5.21. The minimum Gasteiger partial charge on any atom is -0.477 e. The number of fused-ring (bicyclic) bond motifs is 1. The molecule has 1 aliphatic carbocycles. The summed E-state index contributed by atoms with van der Waals surface area (Å²) in [7, 11) is 0. The van der Waals surface area contributed by atoms with E-state index in [4.69, 9.17) is 9.72 Å². The molecule has 0 N–H and O–H groups in total. The molecule has 3 aromatic heterocycles. The van der Waals surface area contributed by atoms with Crippen LogP contribution in [0.5, 0.6) is 5.88 Å². The summed E-state index contributed by atoms with van der Waals surface area (Å²) in [5, 5.41) is 1.16. The Morgan fingerprint density at radius 3 is 2.75 bits per heavy atom. The van der Waals surface area contributed by atoms with Gasteiger partial charge in [0.05, 0.1) is 17.7 Å². The monoisotopic (exact) mass is 426 g/mol. The van der Waals surface area contributed by atoms with E-state index in [2.05, 4.69) is 41.2 Å². The molecule has 5 rings (SSSR count). The zero-order valence-corrected chi connectivity index (χ0v) is 18.5. The first-order valence-electron chi connectivity index (χ1n) is 11.1. The van der Waals surface area contributed by atoms with Crippen LogP contribution in [0.2, 0.25) is 0 Å². The standard InChI is InChI=1S/C26H26N4O2/c1-4-30-12-11-19(13-24(30)31)20-14-27-17(3)28-26(20)32-15-21-16(2)25(21)23-10-9-18-7-5-6-8-22(18)29-23/h5-14,16,21,25H,4,15H2,1-3H3. The van der Waals surface area contributed by atoms with Crippen LogP contribution in [0.15, 0.2) is 65.7 Å². The van der Waals surface area contributed by atoms with Gasteiger partial charge in [0.25, 0.3) is 5.56 Å². The van der Waals surface area contributed by atoms with Gasteiger partial charge >= 0.3 is 0 Å². The van der Waals surface area contributed by atoms with Crippen LogP contribution in [0.1, 0.15) is 31.3 Å². The maximum atomic E-state index is 12.3. The van der Waals surface area contributed by atoms with Gasteiger partial charge in [0.15, 0.2) is 0 Å². The normalized spacial score (nSPS) is 19.8. The van der Waals surface area contributed by atoms with Crippen molar-refractivity contribution in [2.24, 2.45) is 11.8 Å². The van der Waals surface area contributed by atoms with Crippen LogP contribution in [0.4, 0.5) is 0 Å². The van der Waals surface area contributed by atoms with Gasteiger partial charge in [-0.2, -0.15) is 4.98 Å². The lowest BCUT2D eigenvalue weighted by Crippen LogP contribution is -2.17. The van der Waals surface area contributed by atoms with Gasteiger partial charge in [-0.25, -0.2) is 4.98 Å².